The Balaban J connectivity index is 0.00000225. The van der Waals surface area contributed by atoms with Gasteiger partial charge in [0.2, 0.25) is 5.91 Å². The average Bonchev–Trinajstić information content (AvgIpc) is 2.67. The molecule has 0 aromatic carbocycles. The molecule has 1 aliphatic heterocycles. The van der Waals surface area contributed by atoms with Crippen molar-refractivity contribution in [1.29, 1.82) is 0 Å². The number of ether oxygens (including phenoxy) is 1. The van der Waals surface area contributed by atoms with Gasteiger partial charge in [0.25, 0.3) is 0 Å². The fourth-order valence-corrected chi connectivity index (χ4v) is 1.74. The van der Waals surface area contributed by atoms with Crippen LogP contribution in [0, 0.1) is 11.8 Å². The number of rotatable bonds is 4. The summed E-state index contributed by atoms with van der Waals surface area (Å²) in [4.78, 5) is 13.6. The van der Waals surface area contributed by atoms with Gasteiger partial charge in [-0.05, 0) is 12.3 Å². The smallest absolute Gasteiger partial charge is 0.239 e. The van der Waals surface area contributed by atoms with Crippen LogP contribution >= 0.6 is 12.4 Å². The van der Waals surface area contributed by atoms with E-state index in [1.54, 1.807) is 4.90 Å². The Hall–Kier alpha value is -0.320. The summed E-state index contributed by atoms with van der Waals surface area (Å²) in [6.07, 6.45) is 1.05. The van der Waals surface area contributed by atoms with Crippen molar-refractivity contribution in [2.24, 2.45) is 17.6 Å². The van der Waals surface area contributed by atoms with Gasteiger partial charge in [-0.2, -0.15) is 0 Å². The molecule has 1 rings (SSSR count). The normalized spacial score (nSPS) is 21.7. The molecule has 1 saturated heterocycles. The molecule has 2 N–H and O–H groups in total. The van der Waals surface area contributed by atoms with Crippen molar-refractivity contribution < 1.29 is 9.53 Å². The van der Waals surface area contributed by atoms with Crippen molar-refractivity contribution in [1.82, 2.24) is 4.90 Å². The van der Waals surface area contributed by atoms with Crippen LogP contribution < -0.4 is 5.73 Å². The molecule has 1 unspecified atom stereocenters. The standard InChI is InChI=1S/C11H22N2O2.ClH/c1-8(2)10(12)11(14)13(3)6-9-4-5-15-7-9;/h8-10H,4-7,12H2,1-3H3;1H/t9?,10-;/m0./s1. The average molecular weight is 251 g/mol. The quantitative estimate of drug-likeness (QED) is 0.806. The molecule has 0 spiro atoms. The number of likely N-dealkylation sites (N-methyl/N-ethyl adjacent to an activating group) is 1. The molecule has 0 aromatic rings. The van der Waals surface area contributed by atoms with E-state index in [1.165, 1.54) is 0 Å². The molecule has 16 heavy (non-hydrogen) atoms. The van der Waals surface area contributed by atoms with Gasteiger partial charge in [-0.3, -0.25) is 4.79 Å². The lowest BCUT2D eigenvalue weighted by Gasteiger charge is -2.25. The fraction of sp³-hybridized carbons (Fsp3) is 0.909. The monoisotopic (exact) mass is 250 g/mol. The minimum Gasteiger partial charge on any atom is -0.381 e. The van der Waals surface area contributed by atoms with Crippen LogP contribution in [-0.2, 0) is 9.53 Å². The number of carbonyl (C=O) groups excluding carboxylic acids is 1. The lowest BCUT2D eigenvalue weighted by molar-refractivity contribution is -0.132. The van der Waals surface area contributed by atoms with E-state index in [4.69, 9.17) is 10.5 Å². The van der Waals surface area contributed by atoms with E-state index in [9.17, 15) is 4.79 Å². The van der Waals surface area contributed by atoms with Crippen LogP contribution in [0.2, 0.25) is 0 Å². The molecule has 1 aliphatic rings. The van der Waals surface area contributed by atoms with Crippen LogP contribution in [0.15, 0.2) is 0 Å². The summed E-state index contributed by atoms with van der Waals surface area (Å²) in [7, 11) is 1.82. The molecular weight excluding hydrogens is 228 g/mol. The topological polar surface area (TPSA) is 55.6 Å². The zero-order valence-corrected chi connectivity index (χ0v) is 11.1. The van der Waals surface area contributed by atoms with Crippen molar-refractivity contribution >= 4 is 18.3 Å². The van der Waals surface area contributed by atoms with Gasteiger partial charge in [-0.1, -0.05) is 13.8 Å². The molecule has 0 bridgehead atoms. The number of halogens is 1. The predicted octanol–water partition coefficient (Wildman–Crippen LogP) is 0.886. The first-order valence-corrected chi connectivity index (χ1v) is 5.60. The zero-order chi connectivity index (χ0) is 11.4. The largest absolute Gasteiger partial charge is 0.381 e. The number of nitrogens with two attached hydrogens (primary N) is 1. The highest BCUT2D eigenvalue weighted by Crippen LogP contribution is 2.14. The highest BCUT2D eigenvalue weighted by Gasteiger charge is 2.24. The molecule has 0 aliphatic carbocycles. The summed E-state index contributed by atoms with van der Waals surface area (Å²) in [5.74, 6) is 0.718. The number of amides is 1. The first kappa shape index (κ1) is 15.7. The minimum atomic E-state index is -0.377. The van der Waals surface area contributed by atoms with Gasteiger partial charge in [-0.15, -0.1) is 12.4 Å². The molecule has 1 heterocycles. The lowest BCUT2D eigenvalue weighted by Crippen LogP contribution is -2.46. The van der Waals surface area contributed by atoms with Gasteiger partial charge >= 0.3 is 0 Å². The van der Waals surface area contributed by atoms with E-state index in [0.717, 1.165) is 26.2 Å². The molecule has 96 valence electrons. The third-order valence-corrected chi connectivity index (χ3v) is 2.94. The van der Waals surface area contributed by atoms with E-state index in [0.29, 0.717) is 5.92 Å². The number of nitrogens with zero attached hydrogens (tertiary/aromatic N) is 1. The highest BCUT2D eigenvalue weighted by molar-refractivity contribution is 5.85. The van der Waals surface area contributed by atoms with Crippen LogP contribution in [0.5, 0.6) is 0 Å². The van der Waals surface area contributed by atoms with Crippen molar-refractivity contribution in [3.05, 3.63) is 0 Å². The van der Waals surface area contributed by atoms with Crippen molar-refractivity contribution in [3.8, 4) is 0 Å². The summed E-state index contributed by atoms with van der Waals surface area (Å²) in [6.45, 7) is 6.29. The van der Waals surface area contributed by atoms with Crippen molar-refractivity contribution in [2.45, 2.75) is 26.3 Å². The predicted molar refractivity (Wildman–Crippen MR) is 66.6 cm³/mol. The third kappa shape index (κ3) is 4.28. The Bertz CT molecular complexity index is 218. The molecule has 0 saturated carbocycles. The molecule has 1 amide bonds. The van der Waals surface area contributed by atoms with Crippen LogP contribution in [0.4, 0.5) is 0 Å². The maximum Gasteiger partial charge on any atom is 0.239 e. The van der Waals surface area contributed by atoms with Crippen LogP contribution in [0.1, 0.15) is 20.3 Å². The maximum atomic E-state index is 11.8. The Morgan fingerprint density at radius 2 is 2.19 bits per heavy atom. The highest BCUT2D eigenvalue weighted by atomic mass is 35.5. The molecule has 0 radical (unpaired) electrons. The number of carbonyl (C=O) groups is 1. The van der Waals surface area contributed by atoms with Gasteiger partial charge in [0.15, 0.2) is 0 Å². The summed E-state index contributed by atoms with van der Waals surface area (Å²) < 4.78 is 5.28. The third-order valence-electron chi connectivity index (χ3n) is 2.94. The first-order valence-electron chi connectivity index (χ1n) is 5.60. The van der Waals surface area contributed by atoms with Crippen LogP contribution in [0.25, 0.3) is 0 Å². The number of hydrogen-bond acceptors (Lipinski definition) is 3. The Kier molecular flexibility index (Phi) is 6.95. The molecule has 2 atom stereocenters. The van der Waals surface area contributed by atoms with E-state index < -0.39 is 0 Å². The van der Waals surface area contributed by atoms with E-state index in [2.05, 4.69) is 0 Å². The minimum absolute atomic E-state index is 0. The SMILES string of the molecule is CC(C)[C@H](N)C(=O)N(C)CC1CCOC1.Cl. The Labute approximate surface area is 104 Å². The second kappa shape index (κ2) is 7.09. The van der Waals surface area contributed by atoms with Crippen LogP contribution in [-0.4, -0.2) is 43.7 Å². The molecule has 0 aromatic heterocycles. The summed E-state index contributed by atoms with van der Waals surface area (Å²) >= 11 is 0. The van der Waals surface area contributed by atoms with E-state index in [-0.39, 0.29) is 30.3 Å². The van der Waals surface area contributed by atoms with Crippen molar-refractivity contribution in [3.63, 3.8) is 0 Å². The molecule has 4 nitrogen and oxygen atoms in total. The first-order chi connectivity index (χ1) is 7.02. The summed E-state index contributed by atoms with van der Waals surface area (Å²) in [5, 5.41) is 0. The lowest BCUT2D eigenvalue weighted by atomic mass is 10.0. The molecular formula is C11H23ClN2O2. The van der Waals surface area contributed by atoms with Gasteiger partial charge < -0.3 is 15.4 Å². The summed E-state index contributed by atoms with van der Waals surface area (Å²) in [6, 6.07) is -0.377. The van der Waals surface area contributed by atoms with Gasteiger partial charge in [0.1, 0.15) is 0 Å². The molecule has 1 fully saturated rings. The van der Waals surface area contributed by atoms with Crippen molar-refractivity contribution in [2.75, 3.05) is 26.8 Å². The fourth-order valence-electron chi connectivity index (χ4n) is 1.74. The second-order valence-electron chi connectivity index (χ2n) is 4.72. The zero-order valence-electron chi connectivity index (χ0n) is 10.3. The second-order valence-corrected chi connectivity index (χ2v) is 4.72. The number of hydrogen-bond donors (Lipinski definition) is 1. The Morgan fingerprint density at radius 1 is 1.56 bits per heavy atom. The maximum absolute atomic E-state index is 11.8. The molecule has 5 heteroatoms. The Morgan fingerprint density at radius 3 is 2.62 bits per heavy atom. The van der Waals surface area contributed by atoms with E-state index in [1.807, 2.05) is 20.9 Å². The summed E-state index contributed by atoms with van der Waals surface area (Å²) in [5.41, 5.74) is 5.81. The van der Waals surface area contributed by atoms with Gasteiger partial charge in [0.05, 0.1) is 12.6 Å². The van der Waals surface area contributed by atoms with E-state index >= 15 is 0 Å². The van der Waals surface area contributed by atoms with Gasteiger partial charge in [0, 0.05) is 26.1 Å². The van der Waals surface area contributed by atoms with Crippen LogP contribution in [0.3, 0.4) is 0 Å². The van der Waals surface area contributed by atoms with Gasteiger partial charge in [-0.25, -0.2) is 0 Å².